The maximum atomic E-state index is 12.5. The molecule has 0 aromatic carbocycles. The molecule has 2 aromatic rings. The number of hydrogen-bond donors (Lipinski definition) is 0. The van der Waals surface area contributed by atoms with Gasteiger partial charge in [-0.05, 0) is 43.3 Å². The van der Waals surface area contributed by atoms with Crippen LogP contribution in [0.15, 0.2) is 29.0 Å². The van der Waals surface area contributed by atoms with Gasteiger partial charge in [-0.15, -0.1) is 5.10 Å². The van der Waals surface area contributed by atoms with Gasteiger partial charge in [0.2, 0.25) is 0 Å². The number of ether oxygens (including phenoxy) is 1. The Hall–Kier alpha value is -1.99. The Balaban J connectivity index is 1.41. The minimum atomic E-state index is -0.184. The fraction of sp³-hybridized carbons (Fsp3) is 0.500. The van der Waals surface area contributed by atoms with Gasteiger partial charge in [-0.1, -0.05) is 0 Å². The molecular weight excluding hydrogens is 336 g/mol. The highest BCUT2D eigenvalue weighted by Gasteiger charge is 2.41. The van der Waals surface area contributed by atoms with Crippen molar-refractivity contribution in [1.29, 1.82) is 0 Å². The Morgan fingerprint density at radius 3 is 2.72 bits per heavy atom. The molecule has 0 bridgehead atoms. The molecule has 2 aliphatic heterocycles. The van der Waals surface area contributed by atoms with Gasteiger partial charge in [0, 0.05) is 31.6 Å². The van der Waals surface area contributed by atoms with Crippen LogP contribution in [0.1, 0.15) is 28.9 Å². The number of rotatable bonds is 2. The molecule has 0 unspecified atom stereocenters. The number of hydrogen-bond acceptors (Lipinski definition) is 6. The monoisotopic (exact) mass is 358 g/mol. The van der Waals surface area contributed by atoms with Crippen LogP contribution in [0.2, 0.25) is 0 Å². The van der Waals surface area contributed by atoms with Crippen LogP contribution >= 0.6 is 11.3 Å². The maximum Gasteiger partial charge on any atom is 0.254 e. The smallest absolute Gasteiger partial charge is 0.254 e. The third kappa shape index (κ3) is 3.39. The van der Waals surface area contributed by atoms with Crippen LogP contribution in [0, 0.1) is 6.92 Å². The molecule has 2 aliphatic rings. The molecule has 0 aliphatic carbocycles. The normalized spacial score (nSPS) is 20.0. The number of aryl methyl sites for hydroxylation is 1. The summed E-state index contributed by atoms with van der Waals surface area (Å²) in [6, 6.07) is 5.91. The third-order valence-corrected chi connectivity index (χ3v) is 5.77. The van der Waals surface area contributed by atoms with Crippen LogP contribution in [0.4, 0.5) is 5.82 Å². The zero-order chi connectivity index (χ0) is 17.3. The summed E-state index contributed by atoms with van der Waals surface area (Å²) in [5.41, 5.74) is 1.53. The third-order valence-electron chi connectivity index (χ3n) is 5.09. The van der Waals surface area contributed by atoms with Gasteiger partial charge in [-0.2, -0.15) is 16.4 Å². The number of thiophene rings is 1. The average molecular weight is 358 g/mol. The Morgan fingerprint density at radius 2 is 2.04 bits per heavy atom. The molecule has 0 radical (unpaired) electrons. The topological polar surface area (TPSA) is 58.6 Å². The summed E-state index contributed by atoms with van der Waals surface area (Å²) in [6.07, 6.45) is 1.72. The van der Waals surface area contributed by atoms with Crippen molar-refractivity contribution >= 4 is 23.1 Å². The Kier molecular flexibility index (Phi) is 4.43. The molecular formula is C18H22N4O2S. The van der Waals surface area contributed by atoms with Crippen LogP contribution in [-0.2, 0) is 4.74 Å². The molecule has 132 valence electrons. The zero-order valence-corrected chi connectivity index (χ0v) is 15.2. The number of morpholine rings is 1. The Bertz CT molecular complexity index is 724. The fourth-order valence-corrected chi connectivity index (χ4v) is 4.22. The van der Waals surface area contributed by atoms with E-state index in [9.17, 15) is 4.79 Å². The maximum absolute atomic E-state index is 12.5. The number of anilines is 1. The number of likely N-dealkylation sites (tertiary alicyclic amines) is 1. The molecule has 0 N–H and O–H groups in total. The molecule has 25 heavy (non-hydrogen) atoms. The molecule has 0 atom stereocenters. The Labute approximate surface area is 151 Å². The molecule has 1 spiro atoms. The number of carbonyl (C=O) groups is 1. The summed E-state index contributed by atoms with van der Waals surface area (Å²) < 4.78 is 6.17. The van der Waals surface area contributed by atoms with Crippen molar-refractivity contribution in [2.75, 3.05) is 37.7 Å². The summed E-state index contributed by atoms with van der Waals surface area (Å²) in [5, 5.41) is 12.3. The van der Waals surface area contributed by atoms with Crippen LogP contribution in [0.25, 0.3) is 0 Å². The van der Waals surface area contributed by atoms with E-state index in [1.54, 1.807) is 11.3 Å². The van der Waals surface area contributed by atoms with Crippen LogP contribution in [-0.4, -0.2) is 59.4 Å². The van der Waals surface area contributed by atoms with E-state index in [1.165, 1.54) is 0 Å². The number of nitrogens with zero attached hydrogens (tertiary/aromatic N) is 4. The first-order valence-corrected chi connectivity index (χ1v) is 9.60. The summed E-state index contributed by atoms with van der Waals surface area (Å²) in [7, 11) is 0. The van der Waals surface area contributed by atoms with Gasteiger partial charge in [-0.3, -0.25) is 4.79 Å². The van der Waals surface area contributed by atoms with Gasteiger partial charge in [0.15, 0.2) is 5.82 Å². The van der Waals surface area contributed by atoms with E-state index >= 15 is 0 Å². The quantitative estimate of drug-likeness (QED) is 0.825. The second-order valence-corrected chi connectivity index (χ2v) is 7.57. The second kappa shape index (κ2) is 6.72. The van der Waals surface area contributed by atoms with Crippen molar-refractivity contribution < 1.29 is 9.53 Å². The lowest BCUT2D eigenvalue weighted by molar-refractivity contribution is -0.0870. The first kappa shape index (κ1) is 16.5. The van der Waals surface area contributed by atoms with Gasteiger partial charge >= 0.3 is 0 Å². The van der Waals surface area contributed by atoms with Crippen molar-refractivity contribution in [1.82, 2.24) is 15.1 Å². The second-order valence-electron chi connectivity index (χ2n) is 6.79. The molecule has 4 rings (SSSR count). The zero-order valence-electron chi connectivity index (χ0n) is 14.4. The van der Waals surface area contributed by atoms with E-state index in [0.717, 1.165) is 56.1 Å². The van der Waals surface area contributed by atoms with Crippen molar-refractivity contribution in [2.24, 2.45) is 0 Å². The minimum Gasteiger partial charge on any atom is -0.371 e. The minimum absolute atomic E-state index is 0.133. The van der Waals surface area contributed by atoms with Gasteiger partial charge < -0.3 is 14.5 Å². The number of amides is 1. The number of piperidine rings is 1. The van der Waals surface area contributed by atoms with Crippen molar-refractivity contribution in [3.05, 3.63) is 40.2 Å². The Morgan fingerprint density at radius 1 is 1.20 bits per heavy atom. The van der Waals surface area contributed by atoms with E-state index in [0.29, 0.717) is 6.61 Å². The van der Waals surface area contributed by atoms with Crippen LogP contribution in [0.3, 0.4) is 0 Å². The van der Waals surface area contributed by atoms with E-state index in [2.05, 4.69) is 15.1 Å². The van der Waals surface area contributed by atoms with Gasteiger partial charge in [-0.25, -0.2) is 0 Å². The first-order valence-electron chi connectivity index (χ1n) is 8.66. The highest BCUT2D eigenvalue weighted by atomic mass is 32.1. The predicted octanol–water partition coefficient (Wildman–Crippen LogP) is 2.36. The van der Waals surface area contributed by atoms with E-state index in [-0.39, 0.29) is 11.5 Å². The highest BCUT2D eigenvalue weighted by Crippen LogP contribution is 2.32. The van der Waals surface area contributed by atoms with E-state index in [4.69, 9.17) is 4.74 Å². The molecule has 6 nitrogen and oxygen atoms in total. The first-order chi connectivity index (χ1) is 12.2. The predicted molar refractivity (Wildman–Crippen MR) is 97.1 cm³/mol. The molecule has 2 saturated heterocycles. The lowest BCUT2D eigenvalue weighted by Crippen LogP contribution is -2.57. The van der Waals surface area contributed by atoms with Crippen molar-refractivity contribution in [3.63, 3.8) is 0 Å². The summed E-state index contributed by atoms with van der Waals surface area (Å²) >= 11 is 1.56. The van der Waals surface area contributed by atoms with Crippen molar-refractivity contribution in [3.8, 4) is 0 Å². The van der Waals surface area contributed by atoms with Gasteiger partial charge in [0.1, 0.15) is 0 Å². The summed E-state index contributed by atoms with van der Waals surface area (Å²) in [5.74, 6) is 1.04. The number of aromatic nitrogens is 2. The van der Waals surface area contributed by atoms with Crippen LogP contribution in [0.5, 0.6) is 0 Å². The summed E-state index contributed by atoms with van der Waals surface area (Å²) in [6.45, 7) is 5.75. The molecule has 2 aromatic heterocycles. The van der Waals surface area contributed by atoms with Crippen molar-refractivity contribution in [2.45, 2.75) is 25.4 Å². The molecule has 7 heteroatoms. The highest BCUT2D eigenvalue weighted by molar-refractivity contribution is 7.08. The SMILES string of the molecule is Cc1ccc(N2CCOC3(CCN(C(=O)c4ccsc4)CC3)C2)nn1. The number of carbonyl (C=O) groups excluding carboxylic acids is 1. The summed E-state index contributed by atoms with van der Waals surface area (Å²) in [4.78, 5) is 16.7. The average Bonchev–Trinajstić information content (AvgIpc) is 3.17. The molecule has 4 heterocycles. The molecule has 1 amide bonds. The van der Waals surface area contributed by atoms with E-state index in [1.807, 2.05) is 40.8 Å². The molecule has 0 saturated carbocycles. The largest absolute Gasteiger partial charge is 0.371 e. The van der Waals surface area contributed by atoms with Crippen LogP contribution < -0.4 is 4.90 Å². The standard InChI is InChI=1S/C18H22N4O2S/c1-14-2-3-16(20-19-14)22-9-10-24-18(13-22)5-7-21(8-6-18)17(23)15-4-11-25-12-15/h2-4,11-12H,5-10,13H2,1H3. The lowest BCUT2D eigenvalue weighted by Gasteiger charge is -2.47. The fourth-order valence-electron chi connectivity index (χ4n) is 3.59. The molecule has 2 fully saturated rings. The van der Waals surface area contributed by atoms with E-state index < -0.39 is 0 Å². The van der Waals surface area contributed by atoms with Gasteiger partial charge in [0.05, 0.1) is 23.5 Å². The lowest BCUT2D eigenvalue weighted by atomic mass is 9.89. The van der Waals surface area contributed by atoms with Gasteiger partial charge in [0.25, 0.3) is 5.91 Å².